The van der Waals surface area contributed by atoms with Gasteiger partial charge in [0.15, 0.2) is 0 Å². The van der Waals surface area contributed by atoms with Crippen molar-refractivity contribution in [1.82, 2.24) is 5.32 Å². The highest BCUT2D eigenvalue weighted by Crippen LogP contribution is 2.34. The van der Waals surface area contributed by atoms with E-state index in [-0.39, 0.29) is 6.10 Å². The number of hydrogen-bond acceptors (Lipinski definition) is 6. The molecule has 4 aromatic rings. The first kappa shape index (κ1) is 31.5. The highest BCUT2D eigenvalue weighted by molar-refractivity contribution is 7.98. The molecule has 0 aliphatic heterocycles. The van der Waals surface area contributed by atoms with E-state index in [9.17, 15) is 14.7 Å². The van der Waals surface area contributed by atoms with E-state index in [0.717, 1.165) is 27.1 Å². The van der Waals surface area contributed by atoms with Gasteiger partial charge in [0.2, 0.25) is 0 Å². The molecule has 0 bridgehead atoms. The SMILES string of the molecule is CCOC[C@@H](OCc1ccc(C(=O)N[C@@H](CCSC)C(=O)O)c(-c2ccccc2C)c1)c1ccc(-c2ccccc2)s1. The largest absolute Gasteiger partial charge is 0.480 e. The number of rotatable bonds is 15. The first-order valence-corrected chi connectivity index (χ1v) is 16.2. The van der Waals surface area contributed by atoms with Gasteiger partial charge in [-0.05, 0) is 84.4 Å². The molecule has 0 spiro atoms. The van der Waals surface area contributed by atoms with Crippen LogP contribution in [0.3, 0.4) is 0 Å². The normalized spacial score (nSPS) is 12.5. The number of ether oxygens (including phenoxy) is 2. The molecule has 220 valence electrons. The lowest BCUT2D eigenvalue weighted by atomic mass is 9.93. The summed E-state index contributed by atoms with van der Waals surface area (Å²) in [6.07, 6.45) is 2.02. The van der Waals surface area contributed by atoms with Crippen molar-refractivity contribution in [1.29, 1.82) is 0 Å². The van der Waals surface area contributed by atoms with Gasteiger partial charge in [0, 0.05) is 21.9 Å². The fraction of sp³-hybridized carbons (Fsp3) is 0.294. The highest BCUT2D eigenvalue weighted by atomic mass is 32.2. The Balaban J connectivity index is 1.59. The van der Waals surface area contributed by atoms with Crippen LogP contribution in [0.1, 0.15) is 45.8 Å². The zero-order chi connectivity index (χ0) is 29.9. The maximum atomic E-state index is 13.4. The average Bonchev–Trinajstić information content (AvgIpc) is 3.50. The van der Waals surface area contributed by atoms with Crippen molar-refractivity contribution in [2.45, 2.75) is 39.0 Å². The van der Waals surface area contributed by atoms with E-state index in [1.165, 1.54) is 10.4 Å². The van der Waals surface area contributed by atoms with Crippen LogP contribution in [0.2, 0.25) is 0 Å². The van der Waals surface area contributed by atoms with Crippen molar-refractivity contribution in [3.8, 4) is 21.6 Å². The summed E-state index contributed by atoms with van der Waals surface area (Å²) in [6, 6.07) is 27.0. The van der Waals surface area contributed by atoms with Crippen LogP contribution in [-0.4, -0.2) is 48.2 Å². The zero-order valence-corrected chi connectivity index (χ0v) is 25.8. The van der Waals surface area contributed by atoms with E-state index in [1.54, 1.807) is 29.2 Å². The van der Waals surface area contributed by atoms with Crippen LogP contribution in [-0.2, 0) is 20.9 Å². The second-order valence-electron chi connectivity index (χ2n) is 9.87. The van der Waals surface area contributed by atoms with E-state index in [0.29, 0.717) is 37.6 Å². The Morgan fingerprint density at radius 1 is 0.976 bits per heavy atom. The smallest absolute Gasteiger partial charge is 0.326 e. The molecule has 1 heterocycles. The van der Waals surface area contributed by atoms with Crippen molar-refractivity contribution in [2.24, 2.45) is 0 Å². The second kappa shape index (κ2) is 15.7. The number of hydrogen-bond donors (Lipinski definition) is 2. The third-order valence-corrected chi connectivity index (χ3v) is 8.78. The molecule has 4 rings (SSSR count). The van der Waals surface area contributed by atoms with Gasteiger partial charge in [0.25, 0.3) is 5.91 Å². The van der Waals surface area contributed by atoms with E-state index in [2.05, 4.69) is 29.6 Å². The van der Waals surface area contributed by atoms with Gasteiger partial charge in [-0.3, -0.25) is 4.79 Å². The lowest BCUT2D eigenvalue weighted by molar-refractivity contribution is -0.139. The number of carbonyl (C=O) groups excluding carboxylic acids is 1. The first-order chi connectivity index (χ1) is 20.4. The number of carbonyl (C=O) groups is 2. The molecule has 0 unspecified atom stereocenters. The van der Waals surface area contributed by atoms with Crippen molar-refractivity contribution < 1.29 is 24.2 Å². The summed E-state index contributed by atoms with van der Waals surface area (Å²) in [5.74, 6) is -0.808. The summed E-state index contributed by atoms with van der Waals surface area (Å²) in [4.78, 5) is 27.5. The number of aryl methyl sites for hydroxylation is 1. The monoisotopic (exact) mass is 603 g/mol. The molecule has 6 nitrogen and oxygen atoms in total. The minimum absolute atomic E-state index is 0.245. The van der Waals surface area contributed by atoms with Crippen LogP contribution < -0.4 is 5.32 Å². The fourth-order valence-electron chi connectivity index (χ4n) is 4.62. The number of aliphatic carboxylic acids is 1. The summed E-state index contributed by atoms with van der Waals surface area (Å²) in [7, 11) is 0. The minimum atomic E-state index is -1.04. The fourth-order valence-corrected chi connectivity index (χ4v) is 6.14. The Labute approximate surface area is 256 Å². The van der Waals surface area contributed by atoms with Gasteiger partial charge in [-0.1, -0.05) is 60.7 Å². The molecule has 0 saturated carbocycles. The highest BCUT2D eigenvalue weighted by Gasteiger charge is 2.23. The number of carboxylic acid groups (broad SMARTS) is 1. The van der Waals surface area contributed by atoms with Crippen LogP contribution in [0.15, 0.2) is 84.9 Å². The molecule has 8 heteroatoms. The Kier molecular flexibility index (Phi) is 11.8. The standard InChI is InChI=1S/C34H37NO5S2/c1-4-39-22-30(32-17-16-31(42-32)25-11-6-5-7-12-25)40-21-24-14-15-27(28(20-24)26-13-9-8-10-23(26)2)33(36)35-29(34(37)38)18-19-41-3/h5-17,20,29-30H,4,18-19,21-22H2,1-3H3,(H,35,36)(H,37,38)/t29-,30+/m0/s1. The topological polar surface area (TPSA) is 84.9 Å². The lowest BCUT2D eigenvalue weighted by Gasteiger charge is -2.19. The third kappa shape index (κ3) is 8.32. The van der Waals surface area contributed by atoms with Gasteiger partial charge >= 0.3 is 5.97 Å². The molecule has 0 aliphatic rings. The second-order valence-corrected chi connectivity index (χ2v) is 12.0. The molecule has 0 saturated heterocycles. The number of amides is 1. The van der Waals surface area contributed by atoms with E-state index in [4.69, 9.17) is 9.47 Å². The number of carboxylic acids is 1. The number of nitrogens with one attached hydrogen (secondary N) is 1. The van der Waals surface area contributed by atoms with Crippen molar-refractivity contribution in [2.75, 3.05) is 25.2 Å². The van der Waals surface area contributed by atoms with Gasteiger partial charge in [0.05, 0.1) is 13.2 Å². The average molecular weight is 604 g/mol. The van der Waals surface area contributed by atoms with E-state index in [1.807, 2.05) is 74.7 Å². The molecular formula is C34H37NO5S2. The van der Waals surface area contributed by atoms with Crippen LogP contribution in [0.25, 0.3) is 21.6 Å². The molecule has 42 heavy (non-hydrogen) atoms. The Hall–Kier alpha value is -3.43. The summed E-state index contributed by atoms with van der Waals surface area (Å²) < 4.78 is 12.2. The predicted molar refractivity (Wildman–Crippen MR) is 172 cm³/mol. The van der Waals surface area contributed by atoms with Gasteiger partial charge in [0.1, 0.15) is 12.1 Å². The summed E-state index contributed by atoms with van der Waals surface area (Å²) in [5, 5.41) is 12.4. The molecule has 1 amide bonds. The predicted octanol–water partition coefficient (Wildman–Crippen LogP) is 7.62. The maximum Gasteiger partial charge on any atom is 0.326 e. The summed E-state index contributed by atoms with van der Waals surface area (Å²) in [6.45, 7) is 5.31. The Bertz CT molecular complexity index is 1470. The zero-order valence-electron chi connectivity index (χ0n) is 24.2. The molecule has 2 N–H and O–H groups in total. The maximum absolute atomic E-state index is 13.4. The molecule has 1 aromatic heterocycles. The van der Waals surface area contributed by atoms with Crippen LogP contribution in [0.4, 0.5) is 0 Å². The Morgan fingerprint density at radius 3 is 2.45 bits per heavy atom. The quantitative estimate of drug-likeness (QED) is 0.145. The molecule has 0 aliphatic carbocycles. The molecule has 0 fully saturated rings. The van der Waals surface area contributed by atoms with Crippen molar-refractivity contribution in [3.63, 3.8) is 0 Å². The molecular weight excluding hydrogens is 567 g/mol. The van der Waals surface area contributed by atoms with Crippen LogP contribution in [0.5, 0.6) is 0 Å². The molecule has 3 aromatic carbocycles. The van der Waals surface area contributed by atoms with E-state index < -0.39 is 17.9 Å². The number of benzene rings is 3. The van der Waals surface area contributed by atoms with Gasteiger partial charge in [-0.2, -0.15) is 11.8 Å². The van der Waals surface area contributed by atoms with Crippen molar-refractivity contribution >= 4 is 35.0 Å². The van der Waals surface area contributed by atoms with Crippen molar-refractivity contribution in [3.05, 3.63) is 106 Å². The van der Waals surface area contributed by atoms with Gasteiger partial charge in [-0.15, -0.1) is 11.3 Å². The lowest BCUT2D eigenvalue weighted by Crippen LogP contribution is -2.41. The summed E-state index contributed by atoms with van der Waals surface area (Å²) in [5.41, 5.74) is 5.17. The Morgan fingerprint density at radius 2 is 1.74 bits per heavy atom. The first-order valence-electron chi connectivity index (χ1n) is 14.0. The van der Waals surface area contributed by atoms with E-state index >= 15 is 0 Å². The van der Waals surface area contributed by atoms with Crippen LogP contribution in [0, 0.1) is 6.92 Å². The van der Waals surface area contributed by atoms with Crippen LogP contribution >= 0.6 is 23.1 Å². The summed E-state index contributed by atoms with van der Waals surface area (Å²) >= 11 is 3.24. The third-order valence-electron chi connectivity index (χ3n) is 6.90. The van der Waals surface area contributed by atoms with Gasteiger partial charge < -0.3 is 19.9 Å². The number of thiophene rings is 1. The minimum Gasteiger partial charge on any atom is -0.480 e. The number of thioether (sulfide) groups is 1. The molecule has 2 atom stereocenters. The van der Waals surface area contributed by atoms with Gasteiger partial charge in [-0.25, -0.2) is 4.79 Å². The molecule has 0 radical (unpaired) electrons.